The van der Waals surface area contributed by atoms with Crippen LogP contribution >= 0.6 is 0 Å². The van der Waals surface area contributed by atoms with Crippen molar-refractivity contribution in [2.45, 2.75) is 26.3 Å². The molecule has 0 unspecified atom stereocenters. The summed E-state index contributed by atoms with van der Waals surface area (Å²) in [4.78, 5) is 22.1. The average molecular weight is 343 g/mol. The SMILES string of the molecule is CC[C@@H]1CN(C(=O)c2c(C)nn3cccnc23)C[C@H]1N1CCOCC1. The monoisotopic (exact) mass is 343 g/mol. The van der Waals surface area contributed by atoms with E-state index in [1.54, 1.807) is 10.7 Å². The molecule has 0 N–H and O–H groups in total. The number of hydrogen-bond acceptors (Lipinski definition) is 5. The predicted octanol–water partition coefficient (Wildman–Crippen LogP) is 1.22. The second-order valence-electron chi connectivity index (χ2n) is 6.94. The van der Waals surface area contributed by atoms with E-state index in [9.17, 15) is 4.79 Å². The molecule has 0 spiro atoms. The number of rotatable bonds is 3. The number of aromatic nitrogens is 3. The highest BCUT2D eigenvalue weighted by molar-refractivity contribution is 6.01. The number of hydrogen-bond donors (Lipinski definition) is 0. The van der Waals surface area contributed by atoms with E-state index in [0.717, 1.165) is 51.5 Å². The molecule has 2 fully saturated rings. The molecule has 0 aliphatic carbocycles. The number of amides is 1. The average Bonchev–Trinajstić information content (AvgIpc) is 3.22. The molecule has 0 saturated carbocycles. The molecule has 4 rings (SSSR count). The first kappa shape index (κ1) is 16.5. The standard InChI is InChI=1S/C18H25N5O2/c1-3-14-11-22(12-15(14)21-7-9-25-10-8-21)18(24)16-13(2)20-23-6-4-5-19-17(16)23/h4-6,14-15H,3,7-12H2,1-2H3/t14-,15-/m1/s1. The number of nitrogens with zero attached hydrogens (tertiary/aromatic N) is 5. The van der Waals surface area contributed by atoms with Crippen LogP contribution in [0.15, 0.2) is 18.5 Å². The molecule has 1 amide bonds. The van der Waals surface area contributed by atoms with Crippen molar-refractivity contribution in [3.63, 3.8) is 0 Å². The molecule has 2 saturated heterocycles. The van der Waals surface area contributed by atoms with Crippen molar-refractivity contribution in [2.24, 2.45) is 5.92 Å². The smallest absolute Gasteiger partial charge is 0.259 e. The normalized spacial score (nSPS) is 25.0. The molecule has 25 heavy (non-hydrogen) atoms. The molecule has 134 valence electrons. The molecule has 2 aromatic rings. The molecular weight excluding hydrogens is 318 g/mol. The number of carbonyl (C=O) groups excluding carboxylic acids is 1. The van der Waals surface area contributed by atoms with Crippen molar-refractivity contribution in [1.82, 2.24) is 24.4 Å². The van der Waals surface area contributed by atoms with Crippen molar-refractivity contribution < 1.29 is 9.53 Å². The fourth-order valence-corrected chi connectivity index (χ4v) is 4.15. The van der Waals surface area contributed by atoms with Crippen LogP contribution in [-0.4, -0.2) is 75.7 Å². The topological polar surface area (TPSA) is 63.0 Å². The van der Waals surface area contributed by atoms with Crippen LogP contribution < -0.4 is 0 Å². The lowest BCUT2D eigenvalue weighted by Crippen LogP contribution is -2.47. The summed E-state index contributed by atoms with van der Waals surface area (Å²) in [6.45, 7) is 9.18. The number of carbonyl (C=O) groups is 1. The van der Waals surface area contributed by atoms with E-state index in [2.05, 4.69) is 21.9 Å². The first-order chi connectivity index (χ1) is 12.2. The van der Waals surface area contributed by atoms with Crippen LogP contribution in [0, 0.1) is 12.8 Å². The fourth-order valence-electron chi connectivity index (χ4n) is 4.15. The van der Waals surface area contributed by atoms with Crippen molar-refractivity contribution in [2.75, 3.05) is 39.4 Å². The maximum absolute atomic E-state index is 13.2. The number of aryl methyl sites for hydroxylation is 1. The molecular formula is C18H25N5O2. The molecule has 7 nitrogen and oxygen atoms in total. The highest BCUT2D eigenvalue weighted by atomic mass is 16.5. The van der Waals surface area contributed by atoms with Gasteiger partial charge in [-0.2, -0.15) is 5.10 Å². The van der Waals surface area contributed by atoms with Crippen LogP contribution in [0.5, 0.6) is 0 Å². The van der Waals surface area contributed by atoms with Crippen molar-refractivity contribution >= 4 is 11.6 Å². The van der Waals surface area contributed by atoms with Crippen LogP contribution in [0.25, 0.3) is 5.65 Å². The lowest BCUT2D eigenvalue weighted by molar-refractivity contribution is 0.0103. The largest absolute Gasteiger partial charge is 0.379 e. The Balaban J connectivity index is 1.59. The van der Waals surface area contributed by atoms with Gasteiger partial charge in [0, 0.05) is 44.6 Å². The van der Waals surface area contributed by atoms with Gasteiger partial charge in [0.05, 0.1) is 18.9 Å². The van der Waals surface area contributed by atoms with Gasteiger partial charge in [-0.1, -0.05) is 13.3 Å². The molecule has 2 aromatic heterocycles. The Bertz CT molecular complexity index is 768. The summed E-state index contributed by atoms with van der Waals surface area (Å²) >= 11 is 0. The molecule has 2 aliphatic rings. The van der Waals surface area contributed by atoms with Crippen molar-refractivity contribution in [3.8, 4) is 0 Å². The Kier molecular flexibility index (Phi) is 4.43. The van der Waals surface area contributed by atoms with E-state index >= 15 is 0 Å². The van der Waals surface area contributed by atoms with E-state index in [-0.39, 0.29) is 5.91 Å². The maximum atomic E-state index is 13.2. The molecule has 2 aliphatic heterocycles. The summed E-state index contributed by atoms with van der Waals surface area (Å²) in [6, 6.07) is 2.25. The van der Waals surface area contributed by atoms with Crippen molar-refractivity contribution in [1.29, 1.82) is 0 Å². The molecule has 0 aromatic carbocycles. The Hall–Kier alpha value is -1.99. The number of fused-ring (bicyclic) bond motifs is 1. The second kappa shape index (κ2) is 6.72. The lowest BCUT2D eigenvalue weighted by Gasteiger charge is -2.34. The zero-order valence-corrected chi connectivity index (χ0v) is 14.9. The highest BCUT2D eigenvalue weighted by Gasteiger charge is 2.39. The zero-order valence-electron chi connectivity index (χ0n) is 14.9. The van der Waals surface area contributed by atoms with Gasteiger partial charge in [-0.05, 0) is 18.9 Å². The Morgan fingerprint density at radius 3 is 2.88 bits per heavy atom. The quantitative estimate of drug-likeness (QED) is 0.839. The van der Waals surface area contributed by atoms with Gasteiger partial charge in [-0.15, -0.1) is 0 Å². The van der Waals surface area contributed by atoms with Gasteiger partial charge in [-0.25, -0.2) is 9.50 Å². The Morgan fingerprint density at radius 2 is 2.12 bits per heavy atom. The minimum atomic E-state index is 0.0559. The van der Waals surface area contributed by atoms with Crippen LogP contribution in [0.2, 0.25) is 0 Å². The molecule has 0 radical (unpaired) electrons. The third kappa shape index (κ3) is 2.91. The number of morpholine rings is 1. The van der Waals surface area contributed by atoms with E-state index in [0.29, 0.717) is 23.2 Å². The predicted molar refractivity (Wildman–Crippen MR) is 93.6 cm³/mol. The third-order valence-electron chi connectivity index (χ3n) is 5.52. The van der Waals surface area contributed by atoms with Gasteiger partial charge in [-0.3, -0.25) is 9.69 Å². The zero-order chi connectivity index (χ0) is 17.4. The van der Waals surface area contributed by atoms with Crippen LogP contribution in [0.4, 0.5) is 0 Å². The first-order valence-corrected chi connectivity index (χ1v) is 9.10. The number of likely N-dealkylation sites (tertiary alicyclic amines) is 1. The third-order valence-corrected chi connectivity index (χ3v) is 5.52. The van der Waals surface area contributed by atoms with E-state index < -0.39 is 0 Å². The van der Waals surface area contributed by atoms with Gasteiger partial charge in [0.15, 0.2) is 5.65 Å². The van der Waals surface area contributed by atoms with Crippen LogP contribution in [0.1, 0.15) is 29.4 Å². The fraction of sp³-hybridized carbons (Fsp3) is 0.611. The molecule has 2 atom stereocenters. The van der Waals surface area contributed by atoms with Crippen molar-refractivity contribution in [3.05, 3.63) is 29.7 Å². The van der Waals surface area contributed by atoms with Gasteiger partial charge in [0.1, 0.15) is 5.56 Å². The van der Waals surface area contributed by atoms with E-state index in [1.807, 2.05) is 24.1 Å². The van der Waals surface area contributed by atoms with E-state index in [1.165, 1.54) is 0 Å². The Morgan fingerprint density at radius 1 is 1.32 bits per heavy atom. The first-order valence-electron chi connectivity index (χ1n) is 9.10. The van der Waals surface area contributed by atoms with Gasteiger partial charge in [0.25, 0.3) is 5.91 Å². The van der Waals surface area contributed by atoms with Gasteiger partial charge < -0.3 is 9.64 Å². The van der Waals surface area contributed by atoms with Gasteiger partial charge in [0.2, 0.25) is 0 Å². The molecule has 7 heteroatoms. The maximum Gasteiger partial charge on any atom is 0.259 e. The summed E-state index contributed by atoms with van der Waals surface area (Å²) in [7, 11) is 0. The summed E-state index contributed by atoms with van der Waals surface area (Å²) in [6.07, 6.45) is 4.63. The number of ether oxygens (including phenoxy) is 1. The molecule has 0 bridgehead atoms. The lowest BCUT2D eigenvalue weighted by atomic mass is 9.99. The highest BCUT2D eigenvalue weighted by Crippen LogP contribution is 2.28. The Labute approximate surface area is 147 Å². The van der Waals surface area contributed by atoms with Gasteiger partial charge >= 0.3 is 0 Å². The summed E-state index contributed by atoms with van der Waals surface area (Å²) < 4.78 is 7.17. The summed E-state index contributed by atoms with van der Waals surface area (Å²) in [5, 5.41) is 4.43. The van der Waals surface area contributed by atoms with Crippen LogP contribution in [0.3, 0.4) is 0 Å². The minimum absolute atomic E-state index is 0.0559. The summed E-state index contributed by atoms with van der Waals surface area (Å²) in [5.41, 5.74) is 2.03. The van der Waals surface area contributed by atoms with E-state index in [4.69, 9.17) is 4.74 Å². The summed E-state index contributed by atoms with van der Waals surface area (Å²) in [5.74, 6) is 0.567. The second-order valence-corrected chi connectivity index (χ2v) is 6.94. The minimum Gasteiger partial charge on any atom is -0.379 e. The molecule has 4 heterocycles. The van der Waals surface area contributed by atoms with Crippen LogP contribution in [-0.2, 0) is 4.74 Å².